The molecule has 0 aromatic rings. The monoisotopic (exact) mass is 227 g/mol. The van der Waals surface area contributed by atoms with Gasteiger partial charge in [-0.15, -0.1) is 0 Å². The summed E-state index contributed by atoms with van der Waals surface area (Å²) >= 11 is 0. The van der Waals surface area contributed by atoms with Crippen LogP contribution in [0, 0.1) is 0 Å². The van der Waals surface area contributed by atoms with Crippen LogP contribution in [0.4, 0.5) is 0 Å². The Morgan fingerprint density at radius 1 is 1.50 bits per heavy atom. The van der Waals surface area contributed by atoms with Gasteiger partial charge in [-0.1, -0.05) is 0 Å². The minimum absolute atomic E-state index is 0.0776. The summed E-state index contributed by atoms with van der Waals surface area (Å²) in [7, 11) is 3.29. The Hall–Kier alpha value is -1.43. The lowest BCUT2D eigenvalue weighted by Crippen LogP contribution is -2.43. The van der Waals surface area contributed by atoms with E-state index in [-0.39, 0.29) is 30.7 Å². The molecule has 16 heavy (non-hydrogen) atoms. The van der Waals surface area contributed by atoms with Crippen LogP contribution in [0.1, 0.15) is 13.3 Å². The smallest absolute Gasteiger partial charge is 0.246 e. The second-order valence-corrected chi connectivity index (χ2v) is 3.90. The zero-order valence-electron chi connectivity index (χ0n) is 9.82. The first kappa shape index (κ1) is 12.6. The number of imide groups is 1. The van der Waals surface area contributed by atoms with Crippen molar-refractivity contribution in [3.05, 3.63) is 0 Å². The van der Waals surface area contributed by atoms with Crippen molar-refractivity contribution in [1.82, 2.24) is 15.1 Å². The summed E-state index contributed by atoms with van der Waals surface area (Å²) in [5, 5.41) is 2.80. The molecule has 0 aliphatic carbocycles. The van der Waals surface area contributed by atoms with Gasteiger partial charge in [-0.25, -0.2) is 0 Å². The van der Waals surface area contributed by atoms with Crippen LogP contribution in [0.3, 0.4) is 0 Å². The summed E-state index contributed by atoms with van der Waals surface area (Å²) in [6.07, 6.45) is 0.146. The number of likely N-dealkylation sites (tertiary alicyclic amines) is 1. The first-order chi connectivity index (χ1) is 7.47. The normalized spacial score (nSPS) is 20.4. The lowest BCUT2D eigenvalue weighted by atomic mass is 10.2. The second-order valence-electron chi connectivity index (χ2n) is 3.90. The Balaban J connectivity index is 2.49. The molecule has 1 aliphatic heterocycles. The first-order valence-electron chi connectivity index (χ1n) is 5.25. The van der Waals surface area contributed by atoms with E-state index in [1.807, 2.05) is 0 Å². The molecular weight excluding hydrogens is 210 g/mol. The quantitative estimate of drug-likeness (QED) is 0.613. The second kappa shape index (κ2) is 5.07. The van der Waals surface area contributed by atoms with Crippen molar-refractivity contribution in [2.75, 3.05) is 27.2 Å². The zero-order chi connectivity index (χ0) is 12.3. The van der Waals surface area contributed by atoms with Crippen LogP contribution < -0.4 is 5.32 Å². The third-order valence-corrected chi connectivity index (χ3v) is 2.56. The van der Waals surface area contributed by atoms with Gasteiger partial charge in [0, 0.05) is 20.6 Å². The van der Waals surface area contributed by atoms with Crippen molar-refractivity contribution < 1.29 is 14.4 Å². The predicted molar refractivity (Wildman–Crippen MR) is 57.5 cm³/mol. The first-order valence-corrected chi connectivity index (χ1v) is 5.25. The molecule has 0 spiro atoms. The Morgan fingerprint density at radius 3 is 2.56 bits per heavy atom. The minimum Gasteiger partial charge on any atom is -0.348 e. The van der Waals surface area contributed by atoms with Gasteiger partial charge in [-0.2, -0.15) is 0 Å². The van der Waals surface area contributed by atoms with Crippen LogP contribution in [0.2, 0.25) is 0 Å². The van der Waals surface area contributed by atoms with Crippen molar-refractivity contribution in [3.8, 4) is 0 Å². The Bertz CT molecular complexity index is 314. The molecule has 0 aromatic carbocycles. The summed E-state index contributed by atoms with van der Waals surface area (Å²) in [5.74, 6) is -0.531. The van der Waals surface area contributed by atoms with E-state index < -0.39 is 6.04 Å². The molecule has 1 fully saturated rings. The van der Waals surface area contributed by atoms with Gasteiger partial charge < -0.3 is 4.90 Å². The Kier molecular flexibility index (Phi) is 4.00. The van der Waals surface area contributed by atoms with Crippen LogP contribution in [0.5, 0.6) is 0 Å². The number of carbonyl (C=O) groups excluding carboxylic acids is 3. The third kappa shape index (κ3) is 2.57. The van der Waals surface area contributed by atoms with E-state index in [4.69, 9.17) is 0 Å². The topological polar surface area (TPSA) is 69.7 Å². The highest BCUT2D eigenvalue weighted by Crippen LogP contribution is 2.11. The summed E-state index contributed by atoms with van der Waals surface area (Å²) in [6.45, 7) is 2.22. The molecule has 3 amide bonds. The van der Waals surface area contributed by atoms with E-state index in [2.05, 4.69) is 5.32 Å². The molecule has 90 valence electrons. The molecule has 1 aliphatic rings. The Morgan fingerprint density at radius 2 is 2.12 bits per heavy atom. The maximum Gasteiger partial charge on any atom is 0.246 e. The number of amides is 3. The molecule has 6 nitrogen and oxygen atoms in total. The van der Waals surface area contributed by atoms with Crippen LogP contribution in [0.25, 0.3) is 0 Å². The lowest BCUT2D eigenvalue weighted by molar-refractivity contribution is -0.138. The molecule has 1 unspecified atom stereocenters. The largest absolute Gasteiger partial charge is 0.348 e. The fourth-order valence-electron chi connectivity index (χ4n) is 1.54. The molecule has 0 radical (unpaired) electrons. The fraction of sp³-hybridized carbons (Fsp3) is 0.700. The number of carbonyl (C=O) groups is 3. The summed E-state index contributed by atoms with van der Waals surface area (Å²) in [6, 6.07) is -0.545. The number of nitrogens with zero attached hydrogens (tertiary/aromatic N) is 2. The van der Waals surface area contributed by atoms with Crippen molar-refractivity contribution in [1.29, 1.82) is 0 Å². The van der Waals surface area contributed by atoms with E-state index in [0.717, 1.165) is 0 Å². The van der Waals surface area contributed by atoms with Crippen molar-refractivity contribution >= 4 is 17.7 Å². The molecule has 0 bridgehead atoms. The maximum absolute atomic E-state index is 11.6. The van der Waals surface area contributed by atoms with Gasteiger partial charge in [0.15, 0.2) is 0 Å². The maximum atomic E-state index is 11.6. The molecule has 0 aromatic heterocycles. The van der Waals surface area contributed by atoms with Gasteiger partial charge in [0.1, 0.15) is 0 Å². The molecule has 1 heterocycles. The number of hydrogen-bond acceptors (Lipinski definition) is 4. The van der Waals surface area contributed by atoms with Gasteiger partial charge in [0.05, 0.1) is 19.0 Å². The third-order valence-electron chi connectivity index (χ3n) is 2.56. The molecule has 1 N–H and O–H groups in total. The van der Waals surface area contributed by atoms with Gasteiger partial charge in [0.25, 0.3) is 0 Å². The summed E-state index contributed by atoms with van der Waals surface area (Å²) in [4.78, 5) is 37.0. The highest BCUT2D eigenvalue weighted by molar-refractivity contribution is 6.05. The van der Waals surface area contributed by atoms with Crippen LogP contribution in [0.15, 0.2) is 0 Å². The molecular formula is C10H17N3O3. The van der Waals surface area contributed by atoms with E-state index in [9.17, 15) is 14.4 Å². The van der Waals surface area contributed by atoms with Crippen molar-refractivity contribution in [3.63, 3.8) is 0 Å². The SMILES string of the molecule is CCN1C(=O)CC(NCC(=O)N(C)C)C1=O. The average Bonchev–Trinajstić information content (AvgIpc) is 2.50. The molecule has 6 heteroatoms. The fourth-order valence-corrected chi connectivity index (χ4v) is 1.54. The van der Waals surface area contributed by atoms with Gasteiger partial charge in [-0.05, 0) is 6.92 Å². The highest BCUT2D eigenvalue weighted by atomic mass is 16.2. The summed E-state index contributed by atoms with van der Waals surface area (Å²) in [5.41, 5.74) is 0. The van der Waals surface area contributed by atoms with Gasteiger partial charge in [-0.3, -0.25) is 24.6 Å². The Labute approximate surface area is 94.6 Å². The number of nitrogens with one attached hydrogen (secondary N) is 1. The predicted octanol–water partition coefficient (Wildman–Crippen LogP) is -1.19. The van der Waals surface area contributed by atoms with Gasteiger partial charge >= 0.3 is 0 Å². The van der Waals surface area contributed by atoms with Crippen LogP contribution >= 0.6 is 0 Å². The van der Waals surface area contributed by atoms with E-state index in [1.54, 1.807) is 21.0 Å². The number of likely N-dealkylation sites (N-methyl/N-ethyl adjacent to an activating group) is 2. The van der Waals surface area contributed by atoms with E-state index >= 15 is 0 Å². The average molecular weight is 227 g/mol. The molecule has 1 rings (SSSR count). The standard InChI is InChI=1S/C10H17N3O3/c1-4-13-8(14)5-7(10(13)16)11-6-9(15)12(2)3/h7,11H,4-6H2,1-3H3. The lowest BCUT2D eigenvalue weighted by Gasteiger charge is -2.14. The zero-order valence-corrected chi connectivity index (χ0v) is 9.82. The highest BCUT2D eigenvalue weighted by Gasteiger charge is 2.37. The van der Waals surface area contributed by atoms with Crippen molar-refractivity contribution in [2.24, 2.45) is 0 Å². The van der Waals surface area contributed by atoms with Crippen molar-refractivity contribution in [2.45, 2.75) is 19.4 Å². The number of rotatable bonds is 4. The summed E-state index contributed by atoms with van der Waals surface area (Å²) < 4.78 is 0. The van der Waals surface area contributed by atoms with Gasteiger partial charge in [0.2, 0.25) is 17.7 Å². The molecule has 1 saturated heterocycles. The van der Waals surface area contributed by atoms with Crippen LogP contribution in [-0.4, -0.2) is 60.7 Å². The molecule has 0 saturated carbocycles. The van der Waals surface area contributed by atoms with E-state index in [1.165, 1.54) is 9.80 Å². The van der Waals surface area contributed by atoms with E-state index in [0.29, 0.717) is 6.54 Å². The number of hydrogen-bond donors (Lipinski definition) is 1. The molecule has 1 atom stereocenters. The minimum atomic E-state index is -0.545. The van der Waals surface area contributed by atoms with Crippen LogP contribution in [-0.2, 0) is 14.4 Å².